The smallest absolute Gasteiger partial charge is 0.124 e. The molecule has 1 aliphatic carbocycles. The topological polar surface area (TPSA) is 34.1 Å². The highest BCUT2D eigenvalue weighted by molar-refractivity contribution is 7.11. The van der Waals surface area contributed by atoms with Crippen LogP contribution < -0.4 is 5.32 Å². The number of nitrogens with one attached hydrogen (secondary N) is 1. The van der Waals surface area contributed by atoms with E-state index < -0.39 is 0 Å². The first kappa shape index (κ1) is 11.0. The van der Waals surface area contributed by atoms with Gasteiger partial charge in [-0.2, -0.15) is 0 Å². The monoisotopic (exact) mass is 226 g/mol. The highest BCUT2D eigenvalue weighted by Crippen LogP contribution is 2.28. The van der Waals surface area contributed by atoms with Gasteiger partial charge in [0, 0.05) is 30.8 Å². The maximum absolute atomic E-state index is 5.40. The Labute approximate surface area is 94.9 Å². The van der Waals surface area contributed by atoms with Crippen LogP contribution in [0.3, 0.4) is 0 Å². The molecule has 0 aromatic carbocycles. The minimum Gasteiger partial charge on any atom is -0.372 e. The molecule has 0 bridgehead atoms. The molecule has 1 aromatic heterocycles. The second kappa shape index (κ2) is 4.20. The predicted octanol–water partition coefficient (Wildman–Crippen LogP) is 2.28. The Bertz CT molecular complexity index is 331. The molecule has 0 unspecified atom stereocenters. The van der Waals surface area contributed by atoms with Crippen LogP contribution in [0.4, 0.5) is 0 Å². The normalized spacial score (nSPS) is 17.0. The standard InChI is InChI=1S/C11H18N2OS/c1-11(2,14-3)10-13-7-9(15-10)6-12-8-4-5-8/h7-8,12H,4-6H2,1-3H3. The van der Waals surface area contributed by atoms with Crippen LogP contribution in [0.15, 0.2) is 6.20 Å². The number of methoxy groups -OCH3 is 1. The van der Waals surface area contributed by atoms with Crippen molar-refractivity contribution in [3.63, 3.8) is 0 Å². The van der Waals surface area contributed by atoms with Gasteiger partial charge in [-0.3, -0.25) is 0 Å². The molecule has 3 nitrogen and oxygen atoms in total. The van der Waals surface area contributed by atoms with Crippen LogP contribution in [0.2, 0.25) is 0 Å². The van der Waals surface area contributed by atoms with Crippen LogP contribution >= 0.6 is 11.3 Å². The first-order valence-electron chi connectivity index (χ1n) is 5.35. The van der Waals surface area contributed by atoms with E-state index in [9.17, 15) is 0 Å². The fourth-order valence-electron chi connectivity index (χ4n) is 1.29. The average Bonchev–Trinajstić information content (AvgIpc) is 2.92. The summed E-state index contributed by atoms with van der Waals surface area (Å²) in [6.07, 6.45) is 4.61. The largest absolute Gasteiger partial charge is 0.372 e. The molecule has 0 atom stereocenters. The molecule has 1 saturated carbocycles. The maximum atomic E-state index is 5.40. The SMILES string of the molecule is COC(C)(C)c1ncc(CNC2CC2)s1. The molecule has 1 aromatic rings. The third kappa shape index (κ3) is 2.77. The Hall–Kier alpha value is -0.450. The number of hydrogen-bond donors (Lipinski definition) is 1. The minimum absolute atomic E-state index is 0.261. The van der Waals surface area contributed by atoms with Crippen molar-refractivity contribution >= 4 is 11.3 Å². The lowest BCUT2D eigenvalue weighted by Crippen LogP contribution is -2.18. The van der Waals surface area contributed by atoms with Crippen molar-refractivity contribution in [1.29, 1.82) is 0 Å². The van der Waals surface area contributed by atoms with Gasteiger partial charge in [-0.25, -0.2) is 4.98 Å². The summed E-state index contributed by atoms with van der Waals surface area (Å²) in [6, 6.07) is 0.756. The van der Waals surface area contributed by atoms with Gasteiger partial charge >= 0.3 is 0 Å². The maximum Gasteiger partial charge on any atom is 0.124 e. The van der Waals surface area contributed by atoms with Crippen molar-refractivity contribution in [2.24, 2.45) is 0 Å². The molecule has 0 radical (unpaired) electrons. The van der Waals surface area contributed by atoms with Crippen LogP contribution in [0.5, 0.6) is 0 Å². The van der Waals surface area contributed by atoms with Crippen molar-refractivity contribution in [3.8, 4) is 0 Å². The molecule has 84 valence electrons. The summed E-state index contributed by atoms with van der Waals surface area (Å²) in [5.74, 6) is 0. The summed E-state index contributed by atoms with van der Waals surface area (Å²) < 4.78 is 5.40. The van der Waals surface area contributed by atoms with Gasteiger partial charge in [0.25, 0.3) is 0 Å². The van der Waals surface area contributed by atoms with E-state index in [2.05, 4.69) is 10.3 Å². The van der Waals surface area contributed by atoms with Gasteiger partial charge in [0.05, 0.1) is 0 Å². The highest BCUT2D eigenvalue weighted by atomic mass is 32.1. The van der Waals surface area contributed by atoms with Crippen molar-refractivity contribution in [2.75, 3.05) is 7.11 Å². The van der Waals surface area contributed by atoms with Crippen molar-refractivity contribution in [3.05, 3.63) is 16.1 Å². The molecule has 4 heteroatoms. The molecular weight excluding hydrogens is 208 g/mol. The zero-order valence-corrected chi connectivity index (χ0v) is 10.4. The van der Waals surface area contributed by atoms with E-state index in [1.165, 1.54) is 17.7 Å². The number of hydrogen-bond acceptors (Lipinski definition) is 4. The van der Waals surface area contributed by atoms with E-state index in [-0.39, 0.29) is 5.60 Å². The zero-order valence-electron chi connectivity index (χ0n) is 9.54. The van der Waals surface area contributed by atoms with Gasteiger partial charge in [0.1, 0.15) is 10.6 Å². The molecule has 1 heterocycles. The fourth-order valence-corrected chi connectivity index (χ4v) is 2.23. The average molecular weight is 226 g/mol. The molecule has 15 heavy (non-hydrogen) atoms. The van der Waals surface area contributed by atoms with Gasteiger partial charge < -0.3 is 10.1 Å². The molecule has 0 aliphatic heterocycles. The summed E-state index contributed by atoms with van der Waals surface area (Å²) >= 11 is 1.74. The van der Waals surface area contributed by atoms with E-state index in [0.717, 1.165) is 17.6 Å². The molecule has 1 N–H and O–H groups in total. The van der Waals surface area contributed by atoms with E-state index in [4.69, 9.17) is 4.74 Å². The third-order valence-corrected chi connectivity index (χ3v) is 4.02. The van der Waals surface area contributed by atoms with Gasteiger partial charge in [0.15, 0.2) is 0 Å². The molecular formula is C11H18N2OS. The van der Waals surface area contributed by atoms with Crippen LogP contribution in [0, 0.1) is 0 Å². The Morgan fingerprint density at radius 3 is 2.93 bits per heavy atom. The molecule has 1 aliphatic rings. The number of ether oxygens (including phenoxy) is 1. The number of thiazole rings is 1. The number of nitrogens with zero attached hydrogens (tertiary/aromatic N) is 1. The number of rotatable bonds is 5. The second-order valence-corrected chi connectivity index (χ2v) is 5.62. The van der Waals surface area contributed by atoms with E-state index >= 15 is 0 Å². The van der Waals surface area contributed by atoms with Gasteiger partial charge in [-0.1, -0.05) is 0 Å². The van der Waals surface area contributed by atoms with Crippen LogP contribution in [0.25, 0.3) is 0 Å². The zero-order chi connectivity index (χ0) is 10.9. The molecule has 1 fully saturated rings. The molecule has 0 amide bonds. The van der Waals surface area contributed by atoms with Gasteiger partial charge in [-0.15, -0.1) is 11.3 Å². The molecule has 0 saturated heterocycles. The van der Waals surface area contributed by atoms with E-state index in [0.29, 0.717) is 0 Å². The second-order valence-electron chi connectivity index (χ2n) is 4.50. The highest BCUT2D eigenvalue weighted by Gasteiger charge is 2.24. The van der Waals surface area contributed by atoms with Crippen molar-refractivity contribution in [2.45, 2.75) is 44.9 Å². The first-order chi connectivity index (χ1) is 7.12. The van der Waals surface area contributed by atoms with Gasteiger partial charge in [0.2, 0.25) is 0 Å². The van der Waals surface area contributed by atoms with Crippen molar-refractivity contribution in [1.82, 2.24) is 10.3 Å². The summed E-state index contributed by atoms with van der Waals surface area (Å²) in [5.41, 5.74) is -0.261. The quantitative estimate of drug-likeness (QED) is 0.836. The Morgan fingerprint density at radius 1 is 1.60 bits per heavy atom. The fraction of sp³-hybridized carbons (Fsp3) is 0.727. The van der Waals surface area contributed by atoms with Crippen molar-refractivity contribution < 1.29 is 4.74 Å². The van der Waals surface area contributed by atoms with Crippen LogP contribution in [-0.4, -0.2) is 18.1 Å². The lowest BCUT2D eigenvalue weighted by molar-refractivity contribution is 0.0190. The number of aromatic nitrogens is 1. The first-order valence-corrected chi connectivity index (χ1v) is 6.17. The van der Waals surface area contributed by atoms with E-state index in [1.54, 1.807) is 18.4 Å². The predicted molar refractivity (Wildman–Crippen MR) is 62.0 cm³/mol. The lowest BCUT2D eigenvalue weighted by atomic mass is 10.1. The molecule has 2 rings (SSSR count). The summed E-state index contributed by atoms with van der Waals surface area (Å²) in [4.78, 5) is 5.70. The van der Waals surface area contributed by atoms with Gasteiger partial charge in [-0.05, 0) is 26.7 Å². The Morgan fingerprint density at radius 2 is 2.33 bits per heavy atom. The van der Waals surface area contributed by atoms with E-state index in [1.807, 2.05) is 20.0 Å². The Balaban J connectivity index is 1.96. The van der Waals surface area contributed by atoms with Crippen LogP contribution in [-0.2, 0) is 16.9 Å². The third-order valence-electron chi connectivity index (χ3n) is 2.72. The lowest BCUT2D eigenvalue weighted by Gasteiger charge is -2.19. The summed E-state index contributed by atoms with van der Waals surface area (Å²) in [5, 5.41) is 4.54. The summed E-state index contributed by atoms with van der Waals surface area (Å²) in [6.45, 7) is 5.04. The summed E-state index contributed by atoms with van der Waals surface area (Å²) in [7, 11) is 1.73. The minimum atomic E-state index is -0.261. The van der Waals surface area contributed by atoms with Crippen LogP contribution in [0.1, 0.15) is 36.6 Å². The Kier molecular flexibility index (Phi) is 3.09. The molecule has 0 spiro atoms.